The van der Waals surface area contributed by atoms with Gasteiger partial charge in [0.15, 0.2) is 6.23 Å². The van der Waals surface area contributed by atoms with Crippen LogP contribution in [-0.2, 0) is 4.74 Å². The quantitative estimate of drug-likeness (QED) is 0.487. The minimum atomic E-state index is -3.27. The van der Waals surface area contributed by atoms with Crippen molar-refractivity contribution in [3.8, 4) is 0 Å². The fraction of sp³-hybridized carbons (Fsp3) is 0.600. The van der Waals surface area contributed by atoms with Crippen LogP contribution in [0.5, 0.6) is 0 Å². The summed E-state index contributed by atoms with van der Waals surface area (Å²) in [4.78, 5) is 24.3. The van der Waals surface area contributed by atoms with Gasteiger partial charge in [-0.3, -0.25) is 14.3 Å². The van der Waals surface area contributed by atoms with Crippen molar-refractivity contribution in [3.63, 3.8) is 0 Å². The van der Waals surface area contributed by atoms with Crippen molar-refractivity contribution >= 4 is 0 Å². The van der Waals surface area contributed by atoms with Crippen molar-refractivity contribution in [2.75, 3.05) is 0 Å². The Kier molecular flexibility index (Phi) is 3.31. The van der Waals surface area contributed by atoms with Gasteiger partial charge in [0.05, 0.1) is 6.10 Å². The van der Waals surface area contributed by atoms with E-state index in [0.717, 1.165) is 12.3 Å². The van der Waals surface area contributed by atoms with Gasteiger partial charge in [-0.15, -0.1) is 0 Å². The van der Waals surface area contributed by atoms with E-state index in [0.29, 0.717) is 4.57 Å². The van der Waals surface area contributed by atoms with E-state index in [2.05, 4.69) is 0 Å². The van der Waals surface area contributed by atoms with Crippen LogP contribution in [0, 0.1) is 0 Å². The molecule has 1 aromatic heterocycles. The highest BCUT2D eigenvalue weighted by Crippen LogP contribution is 2.39. The molecule has 0 unspecified atom stereocenters. The summed E-state index contributed by atoms with van der Waals surface area (Å²) in [5.41, 5.74) is -1.71. The van der Waals surface area contributed by atoms with E-state index in [1.54, 1.807) is 0 Å². The van der Waals surface area contributed by atoms with Crippen molar-refractivity contribution in [3.05, 3.63) is 33.1 Å². The molecular weight excluding hydrogens is 263 g/mol. The van der Waals surface area contributed by atoms with Gasteiger partial charge in [-0.25, -0.2) is 9.18 Å². The maximum atomic E-state index is 14.1. The summed E-state index contributed by atoms with van der Waals surface area (Å²) >= 11 is 0. The molecule has 8 nitrogen and oxygen atoms in total. The maximum absolute atomic E-state index is 14.1. The number of halogens is 1. The average molecular weight is 276 g/mol. The van der Waals surface area contributed by atoms with Gasteiger partial charge in [0, 0.05) is 12.3 Å². The lowest BCUT2D eigenvalue weighted by Crippen LogP contribution is -2.46. The van der Waals surface area contributed by atoms with E-state index in [1.807, 2.05) is 4.98 Å². The molecule has 1 aliphatic rings. The summed E-state index contributed by atoms with van der Waals surface area (Å²) in [6.07, 6.45) is -5.64. The monoisotopic (exact) mass is 276 g/mol. The third-order valence-corrected chi connectivity index (χ3v) is 2.94. The summed E-state index contributed by atoms with van der Waals surface area (Å²) in [5.74, 6) is -3.27. The summed E-state index contributed by atoms with van der Waals surface area (Å²) < 4.78 is 19.6. The number of aromatic amines is 1. The fourth-order valence-corrected chi connectivity index (χ4v) is 1.95. The molecule has 4 N–H and O–H groups in total. The highest BCUT2D eigenvalue weighted by molar-refractivity contribution is 4.99. The maximum Gasteiger partial charge on any atom is 0.330 e. The number of nitrogens with zero attached hydrogens (tertiary/aromatic N) is 1. The number of hydrogen-bond donors (Lipinski definition) is 4. The molecule has 1 aliphatic heterocycles. The average Bonchev–Trinajstić information content (AvgIpc) is 2.52. The second-order valence-electron chi connectivity index (χ2n) is 4.38. The molecule has 0 aliphatic carbocycles. The largest absolute Gasteiger partial charge is 0.391 e. The van der Waals surface area contributed by atoms with Crippen LogP contribution < -0.4 is 11.2 Å². The minimum Gasteiger partial charge on any atom is -0.391 e. The van der Waals surface area contributed by atoms with Gasteiger partial charge < -0.3 is 20.1 Å². The number of alkyl halides is 1. The number of aliphatic hydroxyl groups is 3. The molecule has 1 saturated heterocycles. The normalized spacial score (nSPS) is 36.4. The zero-order chi connectivity index (χ0) is 14.4. The van der Waals surface area contributed by atoms with Gasteiger partial charge in [-0.2, -0.15) is 0 Å². The highest BCUT2D eigenvalue weighted by Gasteiger charge is 2.58. The molecule has 0 saturated carbocycles. The molecule has 19 heavy (non-hydrogen) atoms. The first-order chi connectivity index (χ1) is 8.75. The summed E-state index contributed by atoms with van der Waals surface area (Å²) in [6.45, 7) is 1.24. The molecule has 0 amide bonds. The van der Waals surface area contributed by atoms with Gasteiger partial charge in [0.1, 0.15) is 12.2 Å². The van der Waals surface area contributed by atoms with E-state index >= 15 is 0 Å². The first-order valence-corrected chi connectivity index (χ1v) is 5.49. The Morgan fingerprint density at radius 1 is 1.58 bits per heavy atom. The summed E-state index contributed by atoms with van der Waals surface area (Å²) in [6, 6.07) is 0.933. The molecule has 5 atom stereocenters. The summed E-state index contributed by atoms with van der Waals surface area (Å²) in [7, 11) is 0. The Bertz CT molecular complexity index is 580. The van der Waals surface area contributed by atoms with Gasteiger partial charge in [0.2, 0.25) is 0 Å². The Morgan fingerprint density at radius 2 is 2.21 bits per heavy atom. The van der Waals surface area contributed by atoms with Gasteiger partial charge in [-0.05, 0) is 6.92 Å². The molecule has 1 fully saturated rings. The smallest absolute Gasteiger partial charge is 0.330 e. The molecule has 0 radical (unpaired) electrons. The SMILES string of the molecule is C[C@H](O)[C@H]1O[C@@H](n2ccc(=O)[nH]c2=O)[C@@](O)(F)[C@@H]1O. The van der Waals surface area contributed by atoms with Crippen LogP contribution in [0.25, 0.3) is 0 Å². The molecule has 1 aromatic rings. The van der Waals surface area contributed by atoms with Crippen LogP contribution in [0.3, 0.4) is 0 Å². The van der Waals surface area contributed by atoms with Crippen LogP contribution in [0.2, 0.25) is 0 Å². The lowest BCUT2D eigenvalue weighted by atomic mass is 10.0. The van der Waals surface area contributed by atoms with Crippen molar-refractivity contribution < 1.29 is 24.4 Å². The lowest BCUT2D eigenvalue weighted by molar-refractivity contribution is -0.197. The first-order valence-electron chi connectivity index (χ1n) is 5.49. The molecule has 0 spiro atoms. The topological polar surface area (TPSA) is 125 Å². The van der Waals surface area contributed by atoms with Crippen LogP contribution in [0.4, 0.5) is 4.39 Å². The molecule has 106 valence electrons. The minimum absolute atomic E-state index is 0.590. The fourth-order valence-electron chi connectivity index (χ4n) is 1.95. The van der Waals surface area contributed by atoms with Crippen molar-refractivity contribution in [1.82, 2.24) is 9.55 Å². The molecule has 0 aromatic carbocycles. The Morgan fingerprint density at radius 3 is 2.68 bits per heavy atom. The second-order valence-corrected chi connectivity index (χ2v) is 4.38. The predicted molar refractivity (Wildman–Crippen MR) is 59.0 cm³/mol. The van der Waals surface area contributed by atoms with Gasteiger partial charge in [0.25, 0.3) is 11.4 Å². The predicted octanol–water partition coefficient (Wildman–Crippen LogP) is -2.17. The number of H-pyrrole nitrogens is 1. The summed E-state index contributed by atoms with van der Waals surface area (Å²) in [5, 5.41) is 28.5. The van der Waals surface area contributed by atoms with Crippen molar-refractivity contribution in [2.24, 2.45) is 0 Å². The number of aromatic nitrogens is 2. The molecule has 2 heterocycles. The zero-order valence-corrected chi connectivity index (χ0v) is 9.86. The van der Waals surface area contributed by atoms with Gasteiger partial charge >= 0.3 is 5.69 Å². The molecule has 2 rings (SSSR count). The Hall–Kier alpha value is -1.55. The lowest BCUT2D eigenvalue weighted by Gasteiger charge is -2.23. The van der Waals surface area contributed by atoms with Crippen LogP contribution >= 0.6 is 0 Å². The van der Waals surface area contributed by atoms with E-state index in [-0.39, 0.29) is 0 Å². The molecule has 0 bridgehead atoms. The number of aliphatic hydroxyl groups excluding tert-OH is 2. The number of ether oxygens (including phenoxy) is 1. The number of rotatable bonds is 2. The van der Waals surface area contributed by atoms with E-state index in [1.165, 1.54) is 6.92 Å². The van der Waals surface area contributed by atoms with Crippen molar-refractivity contribution in [2.45, 2.75) is 37.3 Å². The van der Waals surface area contributed by atoms with Crippen LogP contribution in [0.1, 0.15) is 13.2 Å². The third-order valence-electron chi connectivity index (χ3n) is 2.94. The number of hydrogen-bond acceptors (Lipinski definition) is 6. The van der Waals surface area contributed by atoms with Crippen LogP contribution in [0.15, 0.2) is 21.9 Å². The molecule has 9 heteroatoms. The standard InChI is InChI=1S/C10H13FN2O6/c1-4(14)6-7(16)10(11,18)8(19-6)13-3-2-5(15)12-9(13)17/h2-4,6-8,14,16,18H,1H3,(H,12,15,17)/t4-,6+,7+,8+,10+/m0/s1. The van der Waals surface area contributed by atoms with Crippen LogP contribution in [-0.4, -0.2) is 49.0 Å². The Balaban J connectivity index is 2.45. The zero-order valence-electron chi connectivity index (χ0n) is 9.86. The number of nitrogens with one attached hydrogen (secondary N) is 1. The highest BCUT2D eigenvalue weighted by atomic mass is 19.2. The van der Waals surface area contributed by atoms with E-state index in [9.17, 15) is 29.3 Å². The second kappa shape index (κ2) is 4.53. The first kappa shape index (κ1) is 13.9. The third kappa shape index (κ3) is 2.21. The van der Waals surface area contributed by atoms with Gasteiger partial charge in [-0.1, -0.05) is 0 Å². The van der Waals surface area contributed by atoms with E-state index < -0.39 is 41.6 Å². The van der Waals surface area contributed by atoms with Crippen molar-refractivity contribution in [1.29, 1.82) is 0 Å². The Labute approximate surface area is 105 Å². The molecular formula is C10H13FN2O6. The van der Waals surface area contributed by atoms with E-state index in [4.69, 9.17) is 4.74 Å².